The van der Waals surface area contributed by atoms with Gasteiger partial charge < -0.3 is 39.9 Å². The van der Waals surface area contributed by atoms with Gasteiger partial charge in [-0.05, 0) is 38.0 Å². The van der Waals surface area contributed by atoms with Crippen LogP contribution in [0.1, 0.15) is 162 Å². The molecule has 14 heteroatoms. The second-order valence-electron chi connectivity index (χ2n) is 15.3. The van der Waals surface area contributed by atoms with Gasteiger partial charge >= 0.3 is 19.8 Å². The van der Waals surface area contributed by atoms with Gasteiger partial charge in [-0.2, -0.15) is 0 Å². The molecule has 0 aromatic rings. The number of aliphatic hydroxyl groups excluding tert-OH is 5. The van der Waals surface area contributed by atoms with E-state index in [0.717, 1.165) is 38.5 Å². The molecule has 0 spiro atoms. The maximum absolute atomic E-state index is 12.6. The number of hydrogen-bond donors (Lipinski definition) is 6. The van der Waals surface area contributed by atoms with Gasteiger partial charge in [0.2, 0.25) is 0 Å². The van der Waals surface area contributed by atoms with Crippen molar-refractivity contribution < 1.29 is 63.1 Å². The van der Waals surface area contributed by atoms with Gasteiger partial charge in [0, 0.05) is 25.2 Å². The molecule has 1 aliphatic carbocycles. The Bertz CT molecular complexity index is 1100. The molecule has 1 saturated carbocycles. The summed E-state index contributed by atoms with van der Waals surface area (Å²) in [4.78, 5) is 35.1. The Morgan fingerprint density at radius 3 is 1.93 bits per heavy atom. The maximum Gasteiger partial charge on any atom is 0.472 e. The van der Waals surface area contributed by atoms with Gasteiger partial charge in [0.15, 0.2) is 6.10 Å². The van der Waals surface area contributed by atoms with Crippen molar-refractivity contribution in [2.24, 2.45) is 11.8 Å². The van der Waals surface area contributed by atoms with Crippen molar-refractivity contribution in [2.45, 2.75) is 192 Å². The van der Waals surface area contributed by atoms with Gasteiger partial charge in [-0.1, -0.05) is 134 Å². The van der Waals surface area contributed by atoms with E-state index < -0.39 is 76.7 Å². The molecule has 0 bridgehead atoms. The molecule has 1 unspecified atom stereocenters. The molecule has 328 valence electrons. The van der Waals surface area contributed by atoms with Crippen LogP contribution in [0.5, 0.6) is 0 Å². The molecule has 0 aromatic heterocycles. The van der Waals surface area contributed by atoms with Gasteiger partial charge in [0.25, 0.3) is 0 Å². The summed E-state index contributed by atoms with van der Waals surface area (Å²) in [5.41, 5.74) is 0. The van der Waals surface area contributed by atoms with Crippen LogP contribution < -0.4 is 0 Å². The molecule has 1 fully saturated rings. The van der Waals surface area contributed by atoms with Crippen molar-refractivity contribution >= 4 is 19.8 Å². The van der Waals surface area contributed by atoms with E-state index in [-0.39, 0.29) is 31.1 Å². The topological polar surface area (TPSA) is 210 Å². The third-order valence-corrected chi connectivity index (χ3v) is 11.1. The summed E-state index contributed by atoms with van der Waals surface area (Å²) in [7, 11) is -4.67. The second kappa shape index (κ2) is 33.2. The zero-order valence-electron chi connectivity index (χ0n) is 34.4. The molecule has 0 heterocycles. The first-order valence-electron chi connectivity index (χ1n) is 21.6. The molecular formula is C42H77O13P. The number of phosphoric ester groups is 1. The average Bonchev–Trinajstić information content (AvgIpc) is 3.44. The standard InChI is InChI=1S/C42H77O13P/c1-3-5-7-8-9-10-11-12-13-14-15-16-22-26-42(49)55-36(33-54-56(50,51)53-31-35(45)30-43)32-52-41(48)25-21-18-17-20-24-37-38(40(47)29-39(37)46)28-27-34(44)23-19-6-4-2/h17,20,27-28,34-40,43-47H,3-16,18-19,21-26,29-33H2,1-2H3,(H,50,51)/b20-17+,28-27+/t34-,35-,36+,37+,38+,39-,40+/m0/s1. The monoisotopic (exact) mass is 821 g/mol. The molecule has 0 aromatic carbocycles. The largest absolute Gasteiger partial charge is 0.472 e. The van der Waals surface area contributed by atoms with Crippen molar-refractivity contribution in [3.63, 3.8) is 0 Å². The number of esters is 2. The molecule has 0 saturated heterocycles. The van der Waals surface area contributed by atoms with Gasteiger partial charge in [0.05, 0.1) is 38.1 Å². The van der Waals surface area contributed by atoms with E-state index in [9.17, 15) is 39.5 Å². The van der Waals surface area contributed by atoms with E-state index in [0.29, 0.717) is 32.1 Å². The molecular weight excluding hydrogens is 743 g/mol. The van der Waals surface area contributed by atoms with E-state index in [1.54, 1.807) is 6.08 Å². The number of allylic oxidation sites excluding steroid dienone is 2. The van der Waals surface area contributed by atoms with Crippen LogP contribution in [-0.4, -0.2) is 99.3 Å². The Balaban J connectivity index is 2.49. The summed E-state index contributed by atoms with van der Waals surface area (Å²) in [6, 6.07) is 0. The molecule has 6 N–H and O–H groups in total. The predicted octanol–water partition coefficient (Wildman–Crippen LogP) is 7.38. The lowest BCUT2D eigenvalue weighted by molar-refractivity contribution is -0.161. The predicted molar refractivity (Wildman–Crippen MR) is 216 cm³/mol. The number of hydrogen-bond acceptors (Lipinski definition) is 12. The lowest BCUT2D eigenvalue weighted by atomic mass is 9.89. The first-order valence-corrected chi connectivity index (χ1v) is 23.0. The molecule has 8 atom stereocenters. The fourth-order valence-electron chi connectivity index (χ4n) is 6.75. The second-order valence-corrected chi connectivity index (χ2v) is 16.8. The minimum absolute atomic E-state index is 0.0670. The maximum atomic E-state index is 12.6. The van der Waals surface area contributed by atoms with E-state index in [2.05, 4.69) is 18.4 Å². The third kappa shape index (κ3) is 27.1. The SMILES string of the molecule is CCCCCCCCCCCCCCCC(=O)O[C@H](COC(=O)CCC/C=C/C[C@@H]1[C@@H](/C=C/[C@@H](O)CCCCC)[C@H](O)C[C@@H]1O)COP(=O)(O)OC[C@@H](O)CO. The highest BCUT2D eigenvalue weighted by Crippen LogP contribution is 2.43. The molecule has 0 aliphatic heterocycles. The van der Waals surface area contributed by atoms with Crippen LogP contribution in [0, 0.1) is 11.8 Å². The summed E-state index contributed by atoms with van der Waals surface area (Å²) in [5, 5.41) is 49.6. The number of phosphoric acid groups is 1. The van der Waals surface area contributed by atoms with Crippen LogP contribution in [0.2, 0.25) is 0 Å². The molecule has 13 nitrogen and oxygen atoms in total. The summed E-state index contributed by atoms with van der Waals surface area (Å²) < 4.78 is 32.6. The van der Waals surface area contributed by atoms with E-state index in [1.165, 1.54) is 57.8 Å². The molecule has 1 aliphatic rings. The van der Waals surface area contributed by atoms with E-state index >= 15 is 0 Å². The van der Waals surface area contributed by atoms with Gasteiger partial charge in [0.1, 0.15) is 12.7 Å². The van der Waals surface area contributed by atoms with Crippen molar-refractivity contribution in [1.29, 1.82) is 0 Å². The van der Waals surface area contributed by atoms with Gasteiger partial charge in [-0.25, -0.2) is 4.57 Å². The Morgan fingerprint density at radius 2 is 1.30 bits per heavy atom. The Hall–Kier alpha value is -1.67. The Morgan fingerprint density at radius 1 is 0.732 bits per heavy atom. The fraction of sp³-hybridized carbons (Fsp3) is 0.857. The van der Waals surface area contributed by atoms with E-state index in [1.807, 2.05) is 18.2 Å². The lowest BCUT2D eigenvalue weighted by Gasteiger charge is -2.20. The van der Waals surface area contributed by atoms with Crippen molar-refractivity contribution in [3.8, 4) is 0 Å². The van der Waals surface area contributed by atoms with Crippen LogP contribution >= 0.6 is 7.82 Å². The normalized spacial score (nSPS) is 21.4. The summed E-state index contributed by atoms with van der Waals surface area (Å²) in [5.74, 6) is -1.55. The zero-order chi connectivity index (χ0) is 41.4. The van der Waals surface area contributed by atoms with Crippen LogP contribution in [0.3, 0.4) is 0 Å². The average molecular weight is 821 g/mol. The molecule has 0 amide bonds. The summed E-state index contributed by atoms with van der Waals surface area (Å²) in [6.07, 6.45) is 23.8. The van der Waals surface area contributed by atoms with Crippen molar-refractivity contribution in [1.82, 2.24) is 0 Å². The molecule has 0 radical (unpaired) electrons. The number of carbonyl (C=O) groups is 2. The number of carbonyl (C=O) groups excluding carboxylic acids is 2. The summed E-state index contributed by atoms with van der Waals surface area (Å²) >= 11 is 0. The first-order chi connectivity index (χ1) is 26.9. The van der Waals surface area contributed by atoms with Crippen molar-refractivity contribution in [2.75, 3.05) is 26.4 Å². The fourth-order valence-corrected chi connectivity index (χ4v) is 7.54. The number of unbranched alkanes of at least 4 members (excludes halogenated alkanes) is 15. The highest BCUT2D eigenvalue weighted by atomic mass is 31.2. The van der Waals surface area contributed by atoms with Crippen LogP contribution in [-0.2, 0) is 32.7 Å². The van der Waals surface area contributed by atoms with Crippen LogP contribution in [0.15, 0.2) is 24.3 Å². The molecule has 56 heavy (non-hydrogen) atoms. The van der Waals surface area contributed by atoms with Crippen LogP contribution in [0.25, 0.3) is 0 Å². The quantitative estimate of drug-likeness (QED) is 0.0158. The summed E-state index contributed by atoms with van der Waals surface area (Å²) in [6.45, 7) is 2.00. The Labute approximate surface area is 336 Å². The molecule has 1 rings (SSSR count). The number of ether oxygens (including phenoxy) is 2. The van der Waals surface area contributed by atoms with E-state index in [4.69, 9.17) is 19.1 Å². The van der Waals surface area contributed by atoms with Gasteiger partial charge in [-0.15, -0.1) is 0 Å². The third-order valence-electron chi connectivity index (χ3n) is 10.2. The minimum atomic E-state index is -4.67. The lowest BCUT2D eigenvalue weighted by Crippen LogP contribution is -2.29. The van der Waals surface area contributed by atoms with Crippen LogP contribution in [0.4, 0.5) is 0 Å². The number of aliphatic hydroxyl groups is 5. The number of rotatable bonds is 36. The Kier molecular flexibility index (Phi) is 31.0. The smallest absolute Gasteiger partial charge is 0.462 e. The minimum Gasteiger partial charge on any atom is -0.462 e. The highest BCUT2D eigenvalue weighted by molar-refractivity contribution is 7.47. The van der Waals surface area contributed by atoms with Crippen molar-refractivity contribution in [3.05, 3.63) is 24.3 Å². The zero-order valence-corrected chi connectivity index (χ0v) is 35.3. The first kappa shape index (κ1) is 52.3. The highest BCUT2D eigenvalue weighted by Gasteiger charge is 2.39. The van der Waals surface area contributed by atoms with Gasteiger partial charge in [-0.3, -0.25) is 18.6 Å².